The summed E-state index contributed by atoms with van der Waals surface area (Å²) in [4.78, 5) is 70.4. The monoisotopic (exact) mass is 1650 g/mol. The molecule has 0 fully saturated rings. The minimum atomic E-state index is -1.75. The van der Waals surface area contributed by atoms with Gasteiger partial charge in [-0.3, -0.25) is 19.2 Å². The maximum Gasteiger partial charge on any atom is 0.306 e. The molecular weight excluding hydrogens is 1510 g/mol. The molecule has 0 bridgehead atoms. The lowest BCUT2D eigenvalue weighted by atomic mass is 9.82. The Morgan fingerprint density at radius 1 is 0.339 bits per heavy atom. The molecule has 32 heteroatoms. The maximum absolute atomic E-state index is 13.5. The molecule has 0 aromatic heterocycles. The summed E-state index contributed by atoms with van der Waals surface area (Å²) < 4.78 is 5.73. The molecular formula is C83H142O32. The van der Waals surface area contributed by atoms with Gasteiger partial charge in [0.2, 0.25) is 0 Å². The van der Waals surface area contributed by atoms with Gasteiger partial charge >= 0.3 is 5.97 Å². The van der Waals surface area contributed by atoms with E-state index in [1.807, 2.05) is 48.5 Å². The quantitative estimate of drug-likeness (QED) is 0.0212. The fourth-order valence-corrected chi connectivity index (χ4v) is 6.05. The fraction of sp³-hybridized carbons (Fsp3) is 0.229. The standard InChI is InChI=1S/C35H46O32.24C2H4/c1-23(2)30(17-34(40)43-19-31-28-12-8-6-10-26(28)27-11-7-9-13-29(27)31)33(39)16-24(3)32(38)15-14-25(37)18-35(20-36,21-44-48-52-56-60-64-66-62-58-54-50-46-41-4)22-45-49-53-57-61-65-67-63-59-55-51-47-42-5;24*1-2/h6-13,23-24,30-31,36H,14-22H2,1-5H3;24*1-2H2. The third kappa shape index (κ3) is 122. The zero-order valence-electron chi connectivity index (χ0n) is 69.8. The predicted molar refractivity (Wildman–Crippen MR) is 460 cm³/mol. The number of fused-ring (bicyclic) bond motifs is 3. The first kappa shape index (κ1) is 165. The molecule has 666 valence electrons. The average molecular weight is 1650 g/mol. The van der Waals surface area contributed by atoms with Gasteiger partial charge in [0.15, 0.2) is 0 Å². The Hall–Kier alpha value is -10.4. The van der Waals surface area contributed by atoms with Crippen LogP contribution in [0.5, 0.6) is 0 Å². The number of carbonyl (C=O) groups excluding carboxylic acids is 4. The normalized spacial score (nSPS) is 8.65. The van der Waals surface area contributed by atoms with E-state index in [1.165, 1.54) is 6.92 Å². The number of aliphatic hydroxyl groups is 1. The zero-order valence-corrected chi connectivity index (χ0v) is 69.8. The minimum Gasteiger partial charge on any atom is -0.465 e. The molecule has 1 aliphatic carbocycles. The highest BCUT2D eigenvalue weighted by atomic mass is 18.0. The summed E-state index contributed by atoms with van der Waals surface area (Å²) in [5.41, 5.74) is 2.49. The summed E-state index contributed by atoms with van der Waals surface area (Å²) in [7, 11) is 2.14. The fourth-order valence-electron chi connectivity index (χ4n) is 6.05. The van der Waals surface area contributed by atoms with Gasteiger partial charge in [0.05, 0.1) is 45.9 Å². The second-order valence-electron chi connectivity index (χ2n) is 13.7. The zero-order chi connectivity index (χ0) is 96.5. The van der Waals surface area contributed by atoms with Gasteiger partial charge in [0.1, 0.15) is 24.0 Å². The van der Waals surface area contributed by atoms with Gasteiger partial charge in [-0.1, -0.05) is 69.3 Å². The molecule has 0 saturated carbocycles. The molecule has 0 radical (unpaired) electrons. The van der Waals surface area contributed by atoms with E-state index >= 15 is 0 Å². The molecule has 2 aromatic rings. The molecule has 0 amide bonds. The molecule has 1 aliphatic rings. The van der Waals surface area contributed by atoms with Crippen LogP contribution in [0.1, 0.15) is 69.9 Å². The lowest BCUT2D eigenvalue weighted by Gasteiger charge is -2.28. The minimum absolute atomic E-state index is 0.0958. The Bertz CT molecular complexity index is 1950. The summed E-state index contributed by atoms with van der Waals surface area (Å²) in [6.07, 6.45) is -1.63. The Balaban J connectivity index is -0.0000000767. The number of Topliss-reactive ketones (excluding diaryl/α,β-unsaturated/α-hetero) is 3. The van der Waals surface area contributed by atoms with Gasteiger partial charge in [-0.05, 0) is 139 Å². The number of rotatable bonds is 43. The van der Waals surface area contributed by atoms with Crippen LogP contribution in [0.4, 0.5) is 0 Å². The van der Waals surface area contributed by atoms with Crippen molar-refractivity contribution in [3.63, 3.8) is 0 Å². The van der Waals surface area contributed by atoms with E-state index in [1.54, 1.807) is 13.8 Å². The summed E-state index contributed by atoms with van der Waals surface area (Å²) >= 11 is 0. The highest BCUT2D eigenvalue weighted by molar-refractivity contribution is 5.92. The highest BCUT2D eigenvalue weighted by Gasteiger charge is 2.36. The average Bonchev–Trinajstić information content (AvgIpc) is 1.62. The van der Waals surface area contributed by atoms with Crippen molar-refractivity contribution in [3.05, 3.63) is 375 Å². The van der Waals surface area contributed by atoms with Gasteiger partial charge in [-0.25, -0.2) is 19.6 Å². The number of ketones is 3. The smallest absolute Gasteiger partial charge is 0.306 e. The summed E-state index contributed by atoms with van der Waals surface area (Å²) in [5, 5.41) is 94.0. The second-order valence-corrected chi connectivity index (χ2v) is 13.7. The number of aliphatic hydroxyl groups excluding tert-OH is 1. The summed E-state index contributed by atoms with van der Waals surface area (Å²) in [6.45, 7) is 147. The molecule has 1 N–H and O–H groups in total. The van der Waals surface area contributed by atoms with Crippen molar-refractivity contribution in [2.75, 3.05) is 40.6 Å². The topological polar surface area (TPSA) is 338 Å². The van der Waals surface area contributed by atoms with E-state index in [4.69, 9.17) is 14.5 Å². The van der Waals surface area contributed by atoms with Gasteiger partial charge in [-0.2, -0.15) is 0 Å². The van der Waals surface area contributed by atoms with Crippen molar-refractivity contribution < 1.29 is 159 Å². The first-order valence-electron chi connectivity index (χ1n) is 31.1. The van der Waals surface area contributed by atoms with E-state index in [0.717, 1.165) is 36.5 Å². The van der Waals surface area contributed by atoms with E-state index in [9.17, 15) is 24.3 Å². The maximum atomic E-state index is 13.5. The van der Waals surface area contributed by atoms with E-state index < -0.39 is 61.0 Å². The summed E-state index contributed by atoms with van der Waals surface area (Å²) in [6, 6.07) is 15.8. The molecule has 2 aromatic carbocycles. The van der Waals surface area contributed by atoms with Crippen molar-refractivity contribution in [2.24, 2.45) is 23.2 Å². The largest absolute Gasteiger partial charge is 0.465 e. The van der Waals surface area contributed by atoms with Crippen LogP contribution in [0.3, 0.4) is 0 Å². The number of esters is 1. The van der Waals surface area contributed by atoms with Crippen LogP contribution in [0.15, 0.2) is 364 Å². The first-order chi connectivity index (χ1) is 56.6. The number of hydrogen-bond donors (Lipinski definition) is 1. The van der Waals surface area contributed by atoms with Crippen LogP contribution >= 0.6 is 0 Å². The van der Waals surface area contributed by atoms with Crippen molar-refractivity contribution in [2.45, 2.75) is 58.8 Å². The Morgan fingerprint density at radius 3 is 0.826 bits per heavy atom. The molecule has 0 spiro atoms. The van der Waals surface area contributed by atoms with Crippen LogP contribution in [0.25, 0.3) is 11.1 Å². The Morgan fingerprint density at radius 2 is 0.583 bits per heavy atom. The van der Waals surface area contributed by atoms with Gasteiger partial charge in [-0.15, -0.1) is 316 Å². The van der Waals surface area contributed by atoms with Crippen molar-refractivity contribution >= 4 is 23.3 Å². The highest BCUT2D eigenvalue weighted by Crippen LogP contribution is 2.44. The van der Waals surface area contributed by atoms with Crippen molar-refractivity contribution in [3.8, 4) is 11.1 Å². The van der Waals surface area contributed by atoms with E-state index in [2.05, 4.69) is 436 Å². The molecule has 3 rings (SSSR count). The third-order valence-electron chi connectivity index (χ3n) is 9.11. The number of benzene rings is 2. The number of carbonyl (C=O) groups is 4. The molecule has 115 heavy (non-hydrogen) atoms. The molecule has 0 aliphatic heterocycles. The van der Waals surface area contributed by atoms with Crippen LogP contribution in [0, 0.1) is 23.2 Å². The molecule has 2 unspecified atom stereocenters. The second kappa shape index (κ2) is 191. The number of ether oxygens (including phenoxy) is 1. The SMILES string of the molecule is C=C.C=C.C=C.C=C.C=C.C=C.C=C.C=C.C=C.C=C.C=C.C=C.C=C.C=C.C=C.C=C.C=C.C=C.C=C.C=C.C=C.C=C.C=C.C=C.COOOOOOOOOOOOOCC(CO)(COOOOOOOOOOOOOC)CC(=O)CCC(=O)C(C)CC(=O)C(CC(=O)OCC1c2ccccc2-c2ccccc21)C(C)C. The van der Waals surface area contributed by atoms with Gasteiger partial charge in [0, 0.05) is 43.4 Å². The van der Waals surface area contributed by atoms with Crippen LogP contribution < -0.4 is 0 Å². The summed E-state index contributed by atoms with van der Waals surface area (Å²) in [5.74, 6) is -3.87. The van der Waals surface area contributed by atoms with Crippen molar-refractivity contribution in [1.29, 1.82) is 0 Å². The molecule has 32 nitrogen and oxygen atoms in total. The molecule has 0 heterocycles. The number of hydrogen-bond acceptors (Lipinski definition) is 32. The Kier molecular flexibility index (Phi) is 273. The van der Waals surface area contributed by atoms with E-state index in [-0.39, 0.29) is 49.9 Å². The van der Waals surface area contributed by atoms with Gasteiger partial charge < -0.3 is 9.84 Å². The van der Waals surface area contributed by atoms with E-state index in [0.29, 0.717) is 0 Å². The molecule has 0 saturated heterocycles. The van der Waals surface area contributed by atoms with Crippen LogP contribution in [-0.4, -0.2) is 69.1 Å². The van der Waals surface area contributed by atoms with Crippen molar-refractivity contribution in [1.82, 2.24) is 0 Å². The van der Waals surface area contributed by atoms with Crippen LogP contribution in [-0.2, 0) is 154 Å². The van der Waals surface area contributed by atoms with Crippen LogP contribution in [0.2, 0.25) is 0 Å². The first-order valence-corrected chi connectivity index (χ1v) is 31.1. The lowest BCUT2D eigenvalue weighted by molar-refractivity contribution is -0.870. The lowest BCUT2D eigenvalue weighted by Crippen LogP contribution is -2.38. The Labute approximate surface area is 689 Å². The molecule has 2 atom stereocenters. The third-order valence-corrected chi connectivity index (χ3v) is 9.11. The van der Waals surface area contributed by atoms with Gasteiger partial charge in [0.25, 0.3) is 0 Å². The predicted octanol–water partition coefficient (Wildman–Crippen LogP) is 22.8.